The van der Waals surface area contributed by atoms with Crippen LogP contribution in [0.15, 0.2) is 65.4 Å². The minimum absolute atomic E-state index is 0.211. The topological polar surface area (TPSA) is 101 Å². The van der Waals surface area contributed by atoms with Gasteiger partial charge in [-0.05, 0) is 56.2 Å². The van der Waals surface area contributed by atoms with E-state index in [2.05, 4.69) is 21.5 Å². The van der Waals surface area contributed by atoms with E-state index in [4.69, 9.17) is 0 Å². The average molecular weight is 551 g/mol. The molecule has 198 valence electrons. The number of thiophene rings is 1. The lowest BCUT2D eigenvalue weighted by Gasteiger charge is -2.27. The van der Waals surface area contributed by atoms with E-state index in [1.807, 2.05) is 52.1 Å². The van der Waals surface area contributed by atoms with Crippen molar-refractivity contribution in [1.82, 2.24) is 9.88 Å². The van der Waals surface area contributed by atoms with Crippen LogP contribution in [-0.2, 0) is 17.1 Å². The number of hydrogen-bond donors (Lipinski definition) is 2. The van der Waals surface area contributed by atoms with Crippen LogP contribution in [0.25, 0.3) is 21.2 Å². The highest BCUT2D eigenvalue weighted by atomic mass is 32.2. The van der Waals surface area contributed by atoms with Gasteiger partial charge in [0, 0.05) is 65.8 Å². The normalized spacial score (nSPS) is 11.4. The molecule has 0 spiro atoms. The number of amides is 1. The second-order valence-corrected chi connectivity index (χ2v) is 11.7. The van der Waals surface area contributed by atoms with E-state index in [0.717, 1.165) is 39.2 Å². The maximum atomic E-state index is 13.1. The van der Waals surface area contributed by atoms with Gasteiger partial charge in [-0.15, -0.1) is 11.3 Å². The third-order valence-corrected chi connectivity index (χ3v) is 8.40. The predicted molar refractivity (Wildman–Crippen MR) is 157 cm³/mol. The number of carbonyl (C=O) groups is 1. The number of rotatable bonds is 8. The molecule has 10 heteroatoms. The lowest BCUT2D eigenvalue weighted by Crippen LogP contribution is -2.21. The van der Waals surface area contributed by atoms with Crippen molar-refractivity contribution >= 4 is 54.4 Å². The van der Waals surface area contributed by atoms with Gasteiger partial charge in [-0.25, -0.2) is 8.42 Å². The number of nitrogens with one attached hydrogen (secondary N) is 2. The molecule has 4 rings (SSSR count). The fourth-order valence-corrected chi connectivity index (χ4v) is 6.19. The molecule has 0 saturated heterocycles. The average Bonchev–Trinajstić information content (AvgIpc) is 3.32. The van der Waals surface area contributed by atoms with Crippen LogP contribution in [0.5, 0.6) is 0 Å². The maximum Gasteiger partial charge on any atom is 0.268 e. The van der Waals surface area contributed by atoms with Gasteiger partial charge in [0.2, 0.25) is 0 Å². The summed E-state index contributed by atoms with van der Waals surface area (Å²) in [6, 6.07) is 13.1. The van der Waals surface area contributed by atoms with Crippen LogP contribution in [0.2, 0.25) is 0 Å². The fourth-order valence-electron chi connectivity index (χ4n) is 4.57. The number of hydrogen-bond acceptors (Lipinski definition) is 6. The second kappa shape index (κ2) is 10.5. The first-order valence-electron chi connectivity index (χ1n) is 12.0. The lowest BCUT2D eigenvalue weighted by molar-refractivity contribution is 0.0960. The van der Waals surface area contributed by atoms with E-state index in [0.29, 0.717) is 38.3 Å². The Morgan fingerprint density at radius 2 is 1.82 bits per heavy atom. The molecule has 0 bridgehead atoms. The van der Waals surface area contributed by atoms with Gasteiger partial charge < -0.3 is 14.8 Å². The molecule has 0 fully saturated rings. The third kappa shape index (κ3) is 5.09. The number of pyridine rings is 1. The highest BCUT2D eigenvalue weighted by Crippen LogP contribution is 2.42. The summed E-state index contributed by atoms with van der Waals surface area (Å²) in [5.41, 5.74) is 5.50. The molecule has 2 N–H and O–H groups in total. The van der Waals surface area contributed by atoms with Crippen molar-refractivity contribution in [3.8, 4) is 11.1 Å². The highest BCUT2D eigenvalue weighted by Gasteiger charge is 2.21. The van der Waals surface area contributed by atoms with Crippen molar-refractivity contribution in [3.05, 3.63) is 87.0 Å². The van der Waals surface area contributed by atoms with E-state index in [-0.39, 0.29) is 11.5 Å². The van der Waals surface area contributed by atoms with Crippen LogP contribution in [0.1, 0.15) is 27.7 Å². The Balaban J connectivity index is 2.04. The monoisotopic (exact) mass is 550 g/mol. The molecule has 0 radical (unpaired) electrons. The summed E-state index contributed by atoms with van der Waals surface area (Å²) in [6.45, 7) is 9.75. The zero-order valence-corrected chi connectivity index (χ0v) is 23.6. The van der Waals surface area contributed by atoms with Gasteiger partial charge >= 0.3 is 0 Å². The number of sulfonamides is 1. The standard InChI is InChI=1S/C28H30N4O4S2/c1-7-29-27(33)24-15-21-22(16-31(5)28(34)26(21)37-24)20-14-19(30-38(35,36)8-2)12-13-23(20)32(6)25-17(3)10-9-11-18(25)4/h8-16,30H,2,7H2,1,3-6H3,(H,29,33). The molecule has 1 amide bonds. The quantitative estimate of drug-likeness (QED) is 0.311. The van der Waals surface area contributed by atoms with Crippen molar-refractivity contribution in [3.63, 3.8) is 0 Å². The molecule has 4 aromatic rings. The highest BCUT2D eigenvalue weighted by molar-refractivity contribution is 7.95. The number of carbonyl (C=O) groups excluding carboxylic acids is 1. The first-order chi connectivity index (χ1) is 18.0. The molecule has 0 saturated carbocycles. The third-order valence-electron chi connectivity index (χ3n) is 6.32. The summed E-state index contributed by atoms with van der Waals surface area (Å²) in [7, 11) is -0.131. The molecule has 0 aliphatic heterocycles. The van der Waals surface area contributed by atoms with Crippen LogP contribution in [0, 0.1) is 13.8 Å². The van der Waals surface area contributed by atoms with Crippen LogP contribution in [-0.4, -0.2) is 32.5 Å². The number of fused-ring (bicyclic) bond motifs is 1. The van der Waals surface area contributed by atoms with Gasteiger partial charge in [-0.2, -0.15) is 0 Å². The SMILES string of the molecule is C=CS(=O)(=O)Nc1ccc(N(C)c2c(C)cccc2C)c(-c2cn(C)c(=O)c3sc(C(=O)NCC)cc23)c1. The summed E-state index contributed by atoms with van der Waals surface area (Å²) in [5.74, 6) is -0.248. The van der Waals surface area contributed by atoms with Crippen molar-refractivity contribution in [2.45, 2.75) is 20.8 Å². The number of aromatic nitrogens is 1. The van der Waals surface area contributed by atoms with Gasteiger partial charge in [-0.3, -0.25) is 14.3 Å². The number of anilines is 3. The Morgan fingerprint density at radius 1 is 1.13 bits per heavy atom. The number of nitrogens with zero attached hydrogens (tertiary/aromatic N) is 2. The molecule has 2 heterocycles. The lowest BCUT2D eigenvalue weighted by atomic mass is 9.99. The number of para-hydroxylation sites is 1. The summed E-state index contributed by atoms with van der Waals surface area (Å²) in [6.07, 6.45) is 1.72. The summed E-state index contributed by atoms with van der Waals surface area (Å²) < 4.78 is 29.0. The molecule has 0 unspecified atom stereocenters. The molecule has 38 heavy (non-hydrogen) atoms. The number of benzene rings is 2. The van der Waals surface area contributed by atoms with Crippen LogP contribution >= 0.6 is 11.3 Å². The predicted octanol–water partition coefficient (Wildman–Crippen LogP) is 5.29. The maximum absolute atomic E-state index is 13.1. The van der Waals surface area contributed by atoms with Crippen molar-refractivity contribution < 1.29 is 13.2 Å². The molecule has 2 aromatic heterocycles. The summed E-state index contributed by atoms with van der Waals surface area (Å²) in [5, 5.41) is 4.27. The Labute approximate surface area is 226 Å². The second-order valence-electron chi connectivity index (χ2n) is 9.02. The van der Waals surface area contributed by atoms with Crippen molar-refractivity contribution in [2.24, 2.45) is 7.05 Å². The Bertz CT molecular complexity index is 1720. The van der Waals surface area contributed by atoms with E-state index < -0.39 is 10.0 Å². The molecular weight excluding hydrogens is 520 g/mol. The van der Waals surface area contributed by atoms with E-state index in [1.54, 1.807) is 31.4 Å². The smallest absolute Gasteiger partial charge is 0.268 e. The number of aryl methyl sites for hydroxylation is 3. The van der Waals surface area contributed by atoms with Crippen molar-refractivity contribution in [1.29, 1.82) is 0 Å². The molecule has 0 atom stereocenters. The van der Waals surface area contributed by atoms with Crippen molar-refractivity contribution in [2.75, 3.05) is 23.2 Å². The molecule has 8 nitrogen and oxygen atoms in total. The minimum Gasteiger partial charge on any atom is -0.352 e. The van der Waals surface area contributed by atoms with E-state index >= 15 is 0 Å². The van der Waals surface area contributed by atoms with Gasteiger partial charge in [0.05, 0.1) is 4.88 Å². The molecular formula is C28H30N4O4S2. The largest absolute Gasteiger partial charge is 0.352 e. The van der Waals surface area contributed by atoms with Gasteiger partial charge in [0.1, 0.15) is 4.70 Å². The Kier molecular flexibility index (Phi) is 7.48. The first kappa shape index (κ1) is 27.2. The summed E-state index contributed by atoms with van der Waals surface area (Å²) >= 11 is 1.14. The summed E-state index contributed by atoms with van der Waals surface area (Å²) in [4.78, 5) is 28.2. The zero-order valence-electron chi connectivity index (χ0n) is 22.0. The fraction of sp³-hybridized carbons (Fsp3) is 0.214. The molecule has 0 aliphatic rings. The molecule has 0 aliphatic carbocycles. The van der Waals surface area contributed by atoms with Crippen LogP contribution in [0.3, 0.4) is 0 Å². The molecule has 2 aromatic carbocycles. The van der Waals surface area contributed by atoms with Gasteiger partial charge in [-0.1, -0.05) is 24.8 Å². The Morgan fingerprint density at radius 3 is 2.45 bits per heavy atom. The van der Waals surface area contributed by atoms with Gasteiger partial charge in [0.15, 0.2) is 0 Å². The first-order valence-corrected chi connectivity index (χ1v) is 14.3. The van der Waals surface area contributed by atoms with Crippen LogP contribution < -0.4 is 20.5 Å². The zero-order chi connectivity index (χ0) is 27.8. The minimum atomic E-state index is -3.75. The van der Waals surface area contributed by atoms with E-state index in [1.165, 1.54) is 4.57 Å². The van der Waals surface area contributed by atoms with E-state index in [9.17, 15) is 18.0 Å². The van der Waals surface area contributed by atoms with Crippen LogP contribution in [0.4, 0.5) is 17.1 Å². The Hall–Kier alpha value is -3.89. The van der Waals surface area contributed by atoms with Gasteiger partial charge in [0.25, 0.3) is 21.5 Å².